The third-order valence-corrected chi connectivity index (χ3v) is 3.24. The van der Waals surface area contributed by atoms with Gasteiger partial charge in [0.25, 0.3) is 0 Å². The molecule has 0 aromatic heterocycles. The van der Waals surface area contributed by atoms with Gasteiger partial charge in [0, 0.05) is 12.0 Å². The van der Waals surface area contributed by atoms with Gasteiger partial charge in [-0.05, 0) is 18.6 Å². The maximum Gasteiger partial charge on any atom is 0.419 e. The predicted octanol–water partition coefficient (Wildman–Crippen LogP) is 4.43. The maximum absolute atomic E-state index is 13.9. The van der Waals surface area contributed by atoms with Gasteiger partial charge in [-0.3, -0.25) is 0 Å². The summed E-state index contributed by atoms with van der Waals surface area (Å²) in [6, 6.07) is 10.1. The summed E-state index contributed by atoms with van der Waals surface area (Å²) in [7, 11) is 0. The van der Waals surface area contributed by atoms with Crippen molar-refractivity contribution in [2.24, 2.45) is 0 Å². The van der Waals surface area contributed by atoms with Crippen LogP contribution in [0.15, 0.2) is 42.5 Å². The van der Waals surface area contributed by atoms with E-state index in [1.807, 2.05) is 19.1 Å². The van der Waals surface area contributed by atoms with Crippen LogP contribution in [0.1, 0.15) is 28.4 Å². The van der Waals surface area contributed by atoms with Crippen molar-refractivity contribution < 1.29 is 22.7 Å². The average Bonchev–Trinajstić information content (AvgIpc) is 2.40. The van der Waals surface area contributed by atoms with Gasteiger partial charge in [-0.1, -0.05) is 42.0 Å². The quantitative estimate of drug-likeness (QED) is 0.831. The summed E-state index contributed by atoms with van der Waals surface area (Å²) in [5, 5.41) is 10.0. The lowest BCUT2D eigenvalue weighted by Crippen LogP contribution is -2.12. The van der Waals surface area contributed by atoms with Crippen LogP contribution in [0, 0.1) is 12.7 Å². The summed E-state index contributed by atoms with van der Waals surface area (Å²) < 4.78 is 51.8. The van der Waals surface area contributed by atoms with Crippen molar-refractivity contribution in [3.8, 4) is 0 Å². The molecule has 1 unspecified atom stereocenters. The Bertz CT molecular complexity index is 617. The molecule has 2 aromatic rings. The molecule has 1 N–H and O–H groups in total. The fourth-order valence-electron chi connectivity index (χ4n) is 2.08. The smallest absolute Gasteiger partial charge is 0.388 e. The Morgan fingerprint density at radius 3 is 2.24 bits per heavy atom. The van der Waals surface area contributed by atoms with E-state index >= 15 is 0 Å². The Hall–Kier alpha value is -1.88. The Kier molecular flexibility index (Phi) is 4.32. The predicted molar refractivity (Wildman–Crippen MR) is 71.2 cm³/mol. The molecule has 5 heteroatoms. The van der Waals surface area contributed by atoms with E-state index < -0.39 is 23.7 Å². The summed E-state index contributed by atoms with van der Waals surface area (Å²) >= 11 is 0. The molecule has 0 fully saturated rings. The molecule has 0 bridgehead atoms. The van der Waals surface area contributed by atoms with Gasteiger partial charge < -0.3 is 5.11 Å². The van der Waals surface area contributed by atoms with Crippen LogP contribution in [0.2, 0.25) is 0 Å². The number of aliphatic hydroxyl groups is 1. The third kappa shape index (κ3) is 3.61. The number of halogens is 4. The standard InChI is InChI=1S/C16H14F4O/c1-10-5-7-11(8-6-10)9-14(21)12-3-2-4-13(15(12)17)16(18,19)20/h2-8,14,21H,9H2,1H3. The Morgan fingerprint density at radius 1 is 1.05 bits per heavy atom. The number of rotatable bonds is 3. The first kappa shape index (κ1) is 15.5. The highest BCUT2D eigenvalue weighted by Gasteiger charge is 2.35. The van der Waals surface area contributed by atoms with E-state index in [4.69, 9.17) is 0 Å². The van der Waals surface area contributed by atoms with Crippen LogP contribution in [0.5, 0.6) is 0 Å². The largest absolute Gasteiger partial charge is 0.419 e. The minimum atomic E-state index is -4.77. The van der Waals surface area contributed by atoms with Crippen molar-refractivity contribution in [2.45, 2.75) is 25.6 Å². The lowest BCUT2D eigenvalue weighted by atomic mass is 9.98. The first-order valence-electron chi connectivity index (χ1n) is 6.38. The van der Waals surface area contributed by atoms with Crippen molar-refractivity contribution in [1.29, 1.82) is 0 Å². The number of hydrogen-bond donors (Lipinski definition) is 1. The molecule has 0 saturated carbocycles. The molecular formula is C16H14F4O. The lowest BCUT2D eigenvalue weighted by molar-refractivity contribution is -0.140. The van der Waals surface area contributed by atoms with Crippen LogP contribution in [-0.4, -0.2) is 5.11 Å². The molecule has 0 aliphatic rings. The van der Waals surface area contributed by atoms with Crippen LogP contribution in [0.3, 0.4) is 0 Å². The molecule has 2 rings (SSSR count). The van der Waals surface area contributed by atoms with Gasteiger partial charge >= 0.3 is 6.18 Å². The molecule has 0 heterocycles. The van der Waals surface area contributed by atoms with Crippen molar-refractivity contribution in [3.63, 3.8) is 0 Å². The van der Waals surface area contributed by atoms with E-state index in [-0.39, 0.29) is 12.0 Å². The third-order valence-electron chi connectivity index (χ3n) is 3.24. The van der Waals surface area contributed by atoms with E-state index in [9.17, 15) is 22.7 Å². The van der Waals surface area contributed by atoms with Crippen molar-refractivity contribution in [1.82, 2.24) is 0 Å². The van der Waals surface area contributed by atoms with Gasteiger partial charge in [0.15, 0.2) is 0 Å². The second kappa shape index (κ2) is 5.85. The average molecular weight is 298 g/mol. The highest BCUT2D eigenvalue weighted by molar-refractivity contribution is 5.31. The molecule has 0 aliphatic heterocycles. The summed E-state index contributed by atoms with van der Waals surface area (Å²) in [5.41, 5.74) is 0.0526. The van der Waals surface area contributed by atoms with Gasteiger partial charge in [-0.25, -0.2) is 4.39 Å². The molecular weight excluding hydrogens is 284 g/mol. The van der Waals surface area contributed by atoms with Crippen LogP contribution in [0.25, 0.3) is 0 Å². The monoisotopic (exact) mass is 298 g/mol. The SMILES string of the molecule is Cc1ccc(CC(O)c2cccc(C(F)(F)F)c2F)cc1. The number of hydrogen-bond acceptors (Lipinski definition) is 1. The highest BCUT2D eigenvalue weighted by Crippen LogP contribution is 2.34. The van der Waals surface area contributed by atoms with Crippen LogP contribution in [-0.2, 0) is 12.6 Å². The molecule has 112 valence electrons. The van der Waals surface area contributed by atoms with Crippen molar-refractivity contribution >= 4 is 0 Å². The highest BCUT2D eigenvalue weighted by atomic mass is 19.4. The molecule has 0 saturated heterocycles. The number of aryl methyl sites for hydroxylation is 1. The van der Waals surface area contributed by atoms with Gasteiger partial charge in [0.1, 0.15) is 5.82 Å². The second-order valence-electron chi connectivity index (χ2n) is 4.91. The van der Waals surface area contributed by atoms with E-state index in [2.05, 4.69) is 0 Å². The molecule has 0 aliphatic carbocycles. The van der Waals surface area contributed by atoms with Crippen LogP contribution >= 0.6 is 0 Å². The Labute approximate surface area is 119 Å². The van der Waals surface area contributed by atoms with Gasteiger partial charge in [0.05, 0.1) is 11.7 Å². The number of aliphatic hydroxyl groups excluding tert-OH is 1. The topological polar surface area (TPSA) is 20.2 Å². The first-order chi connectivity index (χ1) is 9.79. The molecule has 0 radical (unpaired) electrons. The van der Waals surface area contributed by atoms with E-state index in [1.54, 1.807) is 12.1 Å². The lowest BCUT2D eigenvalue weighted by Gasteiger charge is -2.15. The molecule has 1 nitrogen and oxygen atoms in total. The first-order valence-corrected chi connectivity index (χ1v) is 6.38. The fourth-order valence-corrected chi connectivity index (χ4v) is 2.08. The molecule has 0 spiro atoms. The van der Waals surface area contributed by atoms with Crippen molar-refractivity contribution in [2.75, 3.05) is 0 Å². The van der Waals surface area contributed by atoms with Gasteiger partial charge in [-0.2, -0.15) is 13.2 Å². The maximum atomic E-state index is 13.9. The van der Waals surface area contributed by atoms with Gasteiger partial charge in [-0.15, -0.1) is 0 Å². The van der Waals surface area contributed by atoms with Gasteiger partial charge in [0.2, 0.25) is 0 Å². The minimum Gasteiger partial charge on any atom is -0.388 e. The summed E-state index contributed by atoms with van der Waals surface area (Å²) in [6.07, 6.45) is -6.04. The Balaban J connectivity index is 2.27. The van der Waals surface area contributed by atoms with E-state index in [0.717, 1.165) is 17.2 Å². The second-order valence-corrected chi connectivity index (χ2v) is 4.91. The summed E-state index contributed by atoms with van der Waals surface area (Å²) in [4.78, 5) is 0. The minimum absolute atomic E-state index is 0.0541. The number of alkyl halides is 3. The van der Waals surface area contributed by atoms with E-state index in [0.29, 0.717) is 6.07 Å². The zero-order valence-electron chi connectivity index (χ0n) is 11.3. The zero-order chi connectivity index (χ0) is 15.6. The Morgan fingerprint density at radius 2 is 1.67 bits per heavy atom. The molecule has 2 aromatic carbocycles. The zero-order valence-corrected chi connectivity index (χ0v) is 11.3. The summed E-state index contributed by atoms with van der Waals surface area (Å²) in [6.45, 7) is 1.90. The van der Waals surface area contributed by atoms with Crippen LogP contribution in [0.4, 0.5) is 17.6 Å². The molecule has 1 atom stereocenters. The van der Waals surface area contributed by atoms with Crippen molar-refractivity contribution in [3.05, 3.63) is 70.5 Å². The van der Waals surface area contributed by atoms with Crippen LogP contribution < -0.4 is 0 Å². The summed E-state index contributed by atoms with van der Waals surface area (Å²) in [5.74, 6) is -1.41. The van der Waals surface area contributed by atoms with E-state index in [1.165, 1.54) is 6.07 Å². The molecule has 0 amide bonds. The fraction of sp³-hybridized carbons (Fsp3) is 0.250. The number of benzene rings is 2. The normalized spacial score (nSPS) is 13.2. The molecule has 21 heavy (non-hydrogen) atoms.